The first-order valence-corrected chi connectivity index (χ1v) is 4.67. The lowest BCUT2D eigenvalue weighted by Crippen LogP contribution is -2.37. The Labute approximate surface area is 87.9 Å². The normalized spacial score (nSPS) is 12.3. The van der Waals surface area contributed by atoms with Gasteiger partial charge in [-0.25, -0.2) is 4.98 Å². The molecule has 0 saturated heterocycles. The van der Waals surface area contributed by atoms with Crippen LogP contribution in [0.1, 0.15) is 36.0 Å². The van der Waals surface area contributed by atoms with Crippen LogP contribution in [0.5, 0.6) is 0 Å². The number of aryl methyl sites for hydroxylation is 2. The number of aromatic nitrogens is 1. The molecule has 1 aromatic heterocycles. The Hall–Kier alpha value is -1.65. The minimum Gasteiger partial charge on any atom is -0.436 e. The van der Waals surface area contributed by atoms with Crippen molar-refractivity contribution in [1.82, 2.24) is 10.3 Å². The van der Waals surface area contributed by atoms with E-state index in [1.807, 2.05) is 0 Å². The quantitative estimate of drug-likeness (QED) is 0.807. The highest BCUT2D eigenvalue weighted by molar-refractivity contribution is 5.95. The second-order valence-corrected chi connectivity index (χ2v) is 3.45. The molecular formula is C10H14N2O3. The number of hydrogen-bond donors (Lipinski definition) is 1. The molecule has 0 spiro atoms. The summed E-state index contributed by atoms with van der Waals surface area (Å²) in [4.78, 5) is 26.5. The molecule has 0 aromatic carbocycles. The molecule has 0 saturated carbocycles. The molecule has 1 unspecified atom stereocenters. The third-order valence-corrected chi connectivity index (χ3v) is 2.07. The molecule has 82 valence electrons. The summed E-state index contributed by atoms with van der Waals surface area (Å²) in [6.45, 7) is 6.39. The van der Waals surface area contributed by atoms with Crippen LogP contribution in [0.2, 0.25) is 0 Å². The number of Topliss-reactive ketones (excluding diaryl/α,β-unsaturated/α-hetero) is 1. The van der Waals surface area contributed by atoms with E-state index in [0.29, 0.717) is 11.6 Å². The molecule has 0 aliphatic rings. The molecule has 1 amide bonds. The Bertz CT molecular complexity index is 395. The van der Waals surface area contributed by atoms with Gasteiger partial charge in [0.05, 0.1) is 11.7 Å². The molecule has 1 rings (SSSR count). The van der Waals surface area contributed by atoms with Crippen LogP contribution < -0.4 is 5.32 Å². The number of amides is 1. The van der Waals surface area contributed by atoms with Gasteiger partial charge in [0.15, 0.2) is 11.7 Å². The van der Waals surface area contributed by atoms with Crippen molar-refractivity contribution < 1.29 is 14.0 Å². The van der Waals surface area contributed by atoms with E-state index < -0.39 is 11.9 Å². The second-order valence-electron chi connectivity index (χ2n) is 3.45. The molecule has 1 heterocycles. The van der Waals surface area contributed by atoms with Crippen LogP contribution in [0.3, 0.4) is 0 Å². The minimum absolute atomic E-state index is 0.0998. The van der Waals surface area contributed by atoms with Gasteiger partial charge in [-0.1, -0.05) is 0 Å². The van der Waals surface area contributed by atoms with Crippen molar-refractivity contribution in [3.8, 4) is 0 Å². The second kappa shape index (κ2) is 4.25. The number of hydrogen-bond acceptors (Lipinski definition) is 4. The Morgan fingerprint density at radius 1 is 1.40 bits per heavy atom. The van der Waals surface area contributed by atoms with Crippen molar-refractivity contribution in [1.29, 1.82) is 0 Å². The predicted molar refractivity (Wildman–Crippen MR) is 53.6 cm³/mol. The Balaban J connectivity index is 2.77. The number of ketones is 1. The van der Waals surface area contributed by atoms with E-state index in [0.717, 1.165) is 0 Å². The van der Waals surface area contributed by atoms with Crippen LogP contribution >= 0.6 is 0 Å². The van der Waals surface area contributed by atoms with Crippen LogP contribution in [0.4, 0.5) is 0 Å². The van der Waals surface area contributed by atoms with Crippen molar-refractivity contribution >= 4 is 11.7 Å². The fraction of sp³-hybridized carbons (Fsp3) is 0.500. The number of nitrogens with one attached hydrogen (secondary N) is 1. The smallest absolute Gasteiger partial charge is 0.289 e. The summed E-state index contributed by atoms with van der Waals surface area (Å²) < 4.78 is 5.12. The number of oxazole rings is 1. The van der Waals surface area contributed by atoms with Gasteiger partial charge in [0.25, 0.3) is 5.91 Å². The summed E-state index contributed by atoms with van der Waals surface area (Å²) in [6, 6.07) is -0.512. The fourth-order valence-corrected chi connectivity index (χ4v) is 1.11. The van der Waals surface area contributed by atoms with Crippen molar-refractivity contribution in [3.63, 3.8) is 0 Å². The summed E-state index contributed by atoms with van der Waals surface area (Å²) in [6.07, 6.45) is 0. The maximum Gasteiger partial charge on any atom is 0.289 e. The Morgan fingerprint density at radius 3 is 2.40 bits per heavy atom. The SMILES string of the molecule is CC(=O)C(C)NC(=O)c1oc(C)nc1C. The first-order chi connectivity index (χ1) is 6.91. The highest BCUT2D eigenvalue weighted by Gasteiger charge is 2.19. The average molecular weight is 210 g/mol. The highest BCUT2D eigenvalue weighted by Crippen LogP contribution is 2.09. The zero-order valence-corrected chi connectivity index (χ0v) is 9.25. The van der Waals surface area contributed by atoms with Crippen LogP contribution in [0.25, 0.3) is 0 Å². The third kappa shape index (κ3) is 2.65. The van der Waals surface area contributed by atoms with Gasteiger partial charge in [0.2, 0.25) is 5.76 Å². The van der Waals surface area contributed by atoms with Crippen molar-refractivity contribution in [2.75, 3.05) is 0 Å². The fourth-order valence-electron chi connectivity index (χ4n) is 1.11. The summed E-state index contributed by atoms with van der Waals surface area (Å²) in [5.74, 6) is 0.0989. The molecule has 0 fully saturated rings. The van der Waals surface area contributed by atoms with Crippen molar-refractivity contribution in [3.05, 3.63) is 17.3 Å². The molecular weight excluding hydrogens is 196 g/mol. The molecule has 15 heavy (non-hydrogen) atoms. The lowest BCUT2D eigenvalue weighted by molar-refractivity contribution is -0.118. The van der Waals surface area contributed by atoms with E-state index in [4.69, 9.17) is 4.42 Å². The van der Waals surface area contributed by atoms with Gasteiger partial charge < -0.3 is 9.73 Å². The lowest BCUT2D eigenvalue weighted by atomic mass is 10.2. The molecule has 1 atom stereocenters. The lowest BCUT2D eigenvalue weighted by Gasteiger charge is -2.08. The topological polar surface area (TPSA) is 72.2 Å². The van der Waals surface area contributed by atoms with E-state index >= 15 is 0 Å². The van der Waals surface area contributed by atoms with Gasteiger partial charge >= 0.3 is 0 Å². The number of carbonyl (C=O) groups excluding carboxylic acids is 2. The number of rotatable bonds is 3. The monoisotopic (exact) mass is 210 g/mol. The maximum absolute atomic E-state index is 11.6. The van der Waals surface area contributed by atoms with Gasteiger partial charge in [-0.3, -0.25) is 9.59 Å². The minimum atomic E-state index is -0.512. The molecule has 0 radical (unpaired) electrons. The van der Waals surface area contributed by atoms with Gasteiger partial charge in [-0.05, 0) is 20.8 Å². The zero-order chi connectivity index (χ0) is 11.6. The van der Waals surface area contributed by atoms with Crippen molar-refractivity contribution in [2.45, 2.75) is 33.7 Å². The number of carbonyl (C=O) groups is 2. The van der Waals surface area contributed by atoms with Gasteiger partial charge in [0, 0.05) is 6.92 Å². The molecule has 0 aliphatic carbocycles. The van der Waals surface area contributed by atoms with E-state index in [1.54, 1.807) is 20.8 Å². The van der Waals surface area contributed by atoms with Crippen molar-refractivity contribution in [2.24, 2.45) is 0 Å². The van der Waals surface area contributed by atoms with Crippen LogP contribution in [0, 0.1) is 13.8 Å². The summed E-state index contributed by atoms with van der Waals surface area (Å²) in [5, 5.41) is 2.53. The molecule has 5 heteroatoms. The van der Waals surface area contributed by atoms with Crippen LogP contribution in [-0.4, -0.2) is 22.7 Å². The average Bonchev–Trinajstić information content (AvgIpc) is 2.44. The van der Waals surface area contributed by atoms with E-state index in [2.05, 4.69) is 10.3 Å². The van der Waals surface area contributed by atoms with E-state index in [9.17, 15) is 9.59 Å². The first kappa shape index (κ1) is 11.4. The van der Waals surface area contributed by atoms with Gasteiger partial charge in [0.1, 0.15) is 0 Å². The Kier molecular flexibility index (Phi) is 3.24. The number of nitrogens with zero attached hydrogens (tertiary/aromatic N) is 1. The third-order valence-electron chi connectivity index (χ3n) is 2.07. The van der Waals surface area contributed by atoms with Crippen LogP contribution in [-0.2, 0) is 4.79 Å². The standard InChI is InChI=1S/C10H14N2O3/c1-5(7(3)13)12-10(14)9-6(2)11-8(4)15-9/h5H,1-4H3,(H,12,14). The van der Waals surface area contributed by atoms with Gasteiger partial charge in [-0.15, -0.1) is 0 Å². The van der Waals surface area contributed by atoms with E-state index in [-0.39, 0.29) is 11.5 Å². The zero-order valence-electron chi connectivity index (χ0n) is 9.25. The predicted octanol–water partition coefficient (Wildman–Crippen LogP) is 0.999. The summed E-state index contributed by atoms with van der Waals surface area (Å²) in [5.41, 5.74) is 0.528. The van der Waals surface area contributed by atoms with Crippen LogP contribution in [0.15, 0.2) is 4.42 Å². The highest BCUT2D eigenvalue weighted by atomic mass is 16.4. The summed E-state index contributed by atoms with van der Waals surface area (Å²) >= 11 is 0. The first-order valence-electron chi connectivity index (χ1n) is 4.67. The Morgan fingerprint density at radius 2 is 2.00 bits per heavy atom. The molecule has 1 aromatic rings. The largest absolute Gasteiger partial charge is 0.436 e. The van der Waals surface area contributed by atoms with Gasteiger partial charge in [-0.2, -0.15) is 0 Å². The molecule has 0 bridgehead atoms. The van der Waals surface area contributed by atoms with E-state index in [1.165, 1.54) is 6.92 Å². The molecule has 1 N–H and O–H groups in total. The maximum atomic E-state index is 11.6. The molecule has 0 aliphatic heterocycles. The molecule has 5 nitrogen and oxygen atoms in total. The summed E-state index contributed by atoms with van der Waals surface area (Å²) in [7, 11) is 0.